The topological polar surface area (TPSA) is 67.9 Å². The Kier molecular flexibility index (Phi) is 8.11. The van der Waals surface area contributed by atoms with Crippen LogP contribution in [-0.2, 0) is 0 Å². The van der Waals surface area contributed by atoms with Crippen molar-refractivity contribution in [1.29, 1.82) is 0 Å². The van der Waals surface area contributed by atoms with Gasteiger partial charge in [0.25, 0.3) is 0 Å². The molecule has 0 radical (unpaired) electrons. The second-order valence-corrected chi connectivity index (χ2v) is 7.54. The van der Waals surface area contributed by atoms with Crippen molar-refractivity contribution < 1.29 is 9.47 Å². The van der Waals surface area contributed by atoms with E-state index in [1.54, 1.807) is 7.11 Å². The van der Waals surface area contributed by atoms with Gasteiger partial charge in [-0.05, 0) is 90.8 Å². The van der Waals surface area contributed by atoms with E-state index in [9.17, 15) is 0 Å². The van der Waals surface area contributed by atoms with Gasteiger partial charge in [-0.2, -0.15) is 20.5 Å². The maximum Gasteiger partial charge on any atom is 0.119 e. The molecular weight excluding hydrogens is 436 g/mol. The van der Waals surface area contributed by atoms with Crippen LogP contribution in [0.5, 0.6) is 11.5 Å². The summed E-state index contributed by atoms with van der Waals surface area (Å²) in [4.78, 5) is 0. The molecule has 0 saturated carbocycles. The molecule has 4 aromatic rings. The number of azo groups is 2. The summed E-state index contributed by atoms with van der Waals surface area (Å²) >= 11 is 0. The minimum Gasteiger partial charge on any atom is -0.497 e. The lowest BCUT2D eigenvalue weighted by Gasteiger charge is -2.01. The SMILES string of the molecule is CCOc1ccc(N=Nc2ccc(C=Cc3ccc(N=Nc4ccc(OC)cc4)cc3)cc2)cc1. The van der Waals surface area contributed by atoms with Gasteiger partial charge in [0.15, 0.2) is 0 Å². The van der Waals surface area contributed by atoms with Crippen LogP contribution >= 0.6 is 0 Å². The molecule has 35 heavy (non-hydrogen) atoms. The standard InChI is InChI=1S/C29H26N4O2/c1-3-35-29-20-16-27(17-21-29)33-31-25-12-8-23(9-13-25)5-4-22-6-10-24(11-7-22)30-32-26-14-18-28(34-2)19-15-26/h4-21H,3H2,1-2H3. The van der Waals surface area contributed by atoms with Gasteiger partial charge in [-0.1, -0.05) is 36.4 Å². The Bertz CT molecular complexity index is 1290. The van der Waals surface area contributed by atoms with Crippen LogP contribution in [0.4, 0.5) is 22.7 Å². The Balaban J connectivity index is 1.32. The molecule has 0 aliphatic heterocycles. The first-order valence-electron chi connectivity index (χ1n) is 11.3. The zero-order valence-electron chi connectivity index (χ0n) is 19.7. The quantitative estimate of drug-likeness (QED) is 0.184. The molecule has 0 saturated heterocycles. The number of hydrogen-bond acceptors (Lipinski definition) is 6. The minimum atomic E-state index is 0.643. The Morgan fingerprint density at radius 2 is 0.857 bits per heavy atom. The molecule has 0 aromatic heterocycles. The molecular formula is C29H26N4O2. The van der Waals surface area contributed by atoms with E-state index >= 15 is 0 Å². The van der Waals surface area contributed by atoms with Gasteiger partial charge in [-0.3, -0.25) is 0 Å². The van der Waals surface area contributed by atoms with Gasteiger partial charge in [0.05, 0.1) is 36.5 Å². The van der Waals surface area contributed by atoms with Crippen molar-refractivity contribution >= 4 is 34.9 Å². The van der Waals surface area contributed by atoms with Gasteiger partial charge in [-0.15, -0.1) is 0 Å². The number of ether oxygens (including phenoxy) is 2. The van der Waals surface area contributed by atoms with Crippen molar-refractivity contribution in [3.05, 3.63) is 108 Å². The Labute approximate surface area is 205 Å². The third-order valence-corrected chi connectivity index (χ3v) is 5.04. The first-order chi connectivity index (χ1) is 17.2. The number of nitrogens with zero attached hydrogens (tertiary/aromatic N) is 4. The molecule has 0 atom stereocenters. The predicted molar refractivity (Wildman–Crippen MR) is 141 cm³/mol. The molecule has 6 heteroatoms. The number of rotatable bonds is 9. The molecule has 0 spiro atoms. The average molecular weight is 463 g/mol. The summed E-state index contributed by atoms with van der Waals surface area (Å²) in [5.74, 6) is 1.62. The van der Waals surface area contributed by atoms with Crippen molar-refractivity contribution in [1.82, 2.24) is 0 Å². The fraction of sp³-hybridized carbons (Fsp3) is 0.103. The van der Waals surface area contributed by atoms with E-state index in [4.69, 9.17) is 9.47 Å². The Morgan fingerprint density at radius 3 is 1.20 bits per heavy atom. The van der Waals surface area contributed by atoms with Crippen LogP contribution in [0.15, 0.2) is 118 Å². The molecule has 0 unspecified atom stereocenters. The van der Waals surface area contributed by atoms with Crippen molar-refractivity contribution in [2.75, 3.05) is 13.7 Å². The summed E-state index contributed by atoms with van der Waals surface area (Å²) in [6, 6.07) is 30.8. The molecule has 0 amide bonds. The van der Waals surface area contributed by atoms with Crippen LogP contribution in [0.1, 0.15) is 18.1 Å². The van der Waals surface area contributed by atoms with Gasteiger partial charge >= 0.3 is 0 Å². The van der Waals surface area contributed by atoms with E-state index in [1.807, 2.05) is 104 Å². The van der Waals surface area contributed by atoms with E-state index in [0.717, 1.165) is 45.4 Å². The highest BCUT2D eigenvalue weighted by molar-refractivity contribution is 5.70. The van der Waals surface area contributed by atoms with E-state index in [2.05, 4.69) is 32.6 Å². The monoisotopic (exact) mass is 462 g/mol. The Hall–Kier alpha value is -4.58. The number of benzene rings is 4. The molecule has 0 fully saturated rings. The molecule has 0 aliphatic rings. The van der Waals surface area contributed by atoms with Gasteiger partial charge in [0.2, 0.25) is 0 Å². The van der Waals surface area contributed by atoms with Crippen LogP contribution in [-0.4, -0.2) is 13.7 Å². The van der Waals surface area contributed by atoms with Crippen molar-refractivity contribution in [2.45, 2.75) is 6.92 Å². The third kappa shape index (κ3) is 7.20. The third-order valence-electron chi connectivity index (χ3n) is 5.04. The van der Waals surface area contributed by atoms with Crippen LogP contribution in [0, 0.1) is 0 Å². The normalized spacial score (nSPS) is 11.5. The molecule has 0 aliphatic carbocycles. The lowest BCUT2D eigenvalue weighted by Crippen LogP contribution is -1.89. The summed E-state index contributed by atoms with van der Waals surface area (Å²) in [6.07, 6.45) is 4.11. The predicted octanol–water partition coefficient (Wildman–Crippen LogP) is 9.10. The molecule has 4 aromatic carbocycles. The first-order valence-corrected chi connectivity index (χ1v) is 11.3. The first kappa shape index (κ1) is 23.6. The zero-order chi connectivity index (χ0) is 24.3. The van der Waals surface area contributed by atoms with Crippen LogP contribution in [0.2, 0.25) is 0 Å². The van der Waals surface area contributed by atoms with E-state index < -0.39 is 0 Å². The summed E-state index contributed by atoms with van der Waals surface area (Å²) < 4.78 is 10.6. The molecule has 4 rings (SSSR count). The van der Waals surface area contributed by atoms with Gasteiger partial charge < -0.3 is 9.47 Å². The highest BCUT2D eigenvalue weighted by Gasteiger charge is 1.96. The highest BCUT2D eigenvalue weighted by Crippen LogP contribution is 2.23. The summed E-state index contributed by atoms with van der Waals surface area (Å²) in [7, 11) is 1.64. The second-order valence-electron chi connectivity index (χ2n) is 7.54. The number of hydrogen-bond donors (Lipinski definition) is 0. The second kappa shape index (κ2) is 12.0. The van der Waals surface area contributed by atoms with Gasteiger partial charge in [0, 0.05) is 0 Å². The zero-order valence-corrected chi connectivity index (χ0v) is 19.7. The maximum absolute atomic E-state index is 5.44. The van der Waals surface area contributed by atoms with Crippen molar-refractivity contribution in [3.63, 3.8) is 0 Å². The highest BCUT2D eigenvalue weighted by atomic mass is 16.5. The summed E-state index contributed by atoms with van der Waals surface area (Å²) in [6.45, 7) is 2.60. The van der Waals surface area contributed by atoms with E-state index in [0.29, 0.717) is 6.61 Å². The van der Waals surface area contributed by atoms with Crippen molar-refractivity contribution in [3.8, 4) is 11.5 Å². The molecule has 174 valence electrons. The largest absolute Gasteiger partial charge is 0.497 e. The Morgan fingerprint density at radius 1 is 0.514 bits per heavy atom. The lowest BCUT2D eigenvalue weighted by atomic mass is 10.1. The van der Waals surface area contributed by atoms with Crippen molar-refractivity contribution in [2.24, 2.45) is 20.5 Å². The summed E-state index contributed by atoms with van der Waals surface area (Å²) in [5.41, 5.74) is 5.30. The molecule has 0 bridgehead atoms. The fourth-order valence-electron chi connectivity index (χ4n) is 3.15. The van der Waals surface area contributed by atoms with Crippen LogP contribution < -0.4 is 9.47 Å². The minimum absolute atomic E-state index is 0.643. The molecule has 0 N–H and O–H groups in total. The van der Waals surface area contributed by atoms with Gasteiger partial charge in [0.1, 0.15) is 11.5 Å². The summed E-state index contributed by atoms with van der Waals surface area (Å²) in [5, 5.41) is 17.1. The average Bonchev–Trinajstić information content (AvgIpc) is 2.92. The molecule has 0 heterocycles. The molecule has 6 nitrogen and oxygen atoms in total. The van der Waals surface area contributed by atoms with E-state index in [-0.39, 0.29) is 0 Å². The lowest BCUT2D eigenvalue weighted by molar-refractivity contribution is 0.340. The smallest absolute Gasteiger partial charge is 0.119 e. The van der Waals surface area contributed by atoms with E-state index in [1.165, 1.54) is 0 Å². The fourth-order valence-corrected chi connectivity index (χ4v) is 3.15. The maximum atomic E-state index is 5.44. The number of methoxy groups -OCH3 is 1. The van der Waals surface area contributed by atoms with Gasteiger partial charge in [-0.25, -0.2) is 0 Å². The van der Waals surface area contributed by atoms with Crippen LogP contribution in [0.25, 0.3) is 12.2 Å². The van der Waals surface area contributed by atoms with Crippen LogP contribution in [0.3, 0.4) is 0 Å².